The van der Waals surface area contributed by atoms with Crippen LogP contribution in [0.25, 0.3) is 0 Å². The van der Waals surface area contributed by atoms with Crippen molar-refractivity contribution < 1.29 is 4.74 Å². The van der Waals surface area contributed by atoms with E-state index >= 15 is 0 Å². The van der Waals surface area contributed by atoms with Gasteiger partial charge in [-0.2, -0.15) is 0 Å². The second-order valence-corrected chi connectivity index (χ2v) is 6.91. The van der Waals surface area contributed by atoms with E-state index in [0.717, 1.165) is 24.5 Å². The SMILES string of the molecule is CCCC(C)N1CCN(SC2CCOCC2)CC1. The number of ether oxygens (including phenoxy) is 1. The third-order valence-electron chi connectivity index (χ3n) is 4.07. The van der Waals surface area contributed by atoms with Gasteiger partial charge in [-0.25, -0.2) is 4.31 Å². The van der Waals surface area contributed by atoms with Crippen LogP contribution in [0.5, 0.6) is 0 Å². The van der Waals surface area contributed by atoms with E-state index in [2.05, 4.69) is 35.0 Å². The minimum absolute atomic E-state index is 0.769. The molecule has 2 aliphatic rings. The zero-order valence-electron chi connectivity index (χ0n) is 11.9. The highest BCUT2D eigenvalue weighted by atomic mass is 32.2. The molecule has 2 fully saturated rings. The van der Waals surface area contributed by atoms with Gasteiger partial charge in [-0.05, 0) is 26.2 Å². The summed E-state index contributed by atoms with van der Waals surface area (Å²) < 4.78 is 8.01. The molecule has 0 spiro atoms. The van der Waals surface area contributed by atoms with Crippen molar-refractivity contribution >= 4 is 11.9 Å². The molecule has 2 rings (SSSR count). The fraction of sp³-hybridized carbons (Fsp3) is 1.00. The number of piperazine rings is 1. The highest BCUT2D eigenvalue weighted by molar-refractivity contribution is 7.97. The van der Waals surface area contributed by atoms with Crippen molar-refractivity contribution in [2.24, 2.45) is 0 Å². The Bertz CT molecular complexity index is 226. The summed E-state index contributed by atoms with van der Waals surface area (Å²) in [6, 6.07) is 0.769. The molecule has 1 unspecified atom stereocenters. The van der Waals surface area contributed by atoms with Gasteiger partial charge >= 0.3 is 0 Å². The predicted octanol–water partition coefficient (Wildman–Crippen LogP) is 2.62. The van der Waals surface area contributed by atoms with Crippen LogP contribution < -0.4 is 0 Å². The third-order valence-corrected chi connectivity index (χ3v) is 5.50. The topological polar surface area (TPSA) is 15.7 Å². The van der Waals surface area contributed by atoms with Gasteiger partial charge in [0.2, 0.25) is 0 Å². The summed E-state index contributed by atoms with van der Waals surface area (Å²) in [5.74, 6) is 0. The van der Waals surface area contributed by atoms with E-state index < -0.39 is 0 Å². The highest BCUT2D eigenvalue weighted by Gasteiger charge is 2.24. The monoisotopic (exact) mass is 272 g/mol. The third kappa shape index (κ3) is 4.41. The fourth-order valence-corrected chi connectivity index (χ4v) is 4.04. The van der Waals surface area contributed by atoms with Crippen LogP contribution in [0.3, 0.4) is 0 Å². The van der Waals surface area contributed by atoms with Gasteiger partial charge in [-0.1, -0.05) is 25.3 Å². The summed E-state index contributed by atoms with van der Waals surface area (Å²) in [5.41, 5.74) is 0. The Kier molecular flexibility index (Phi) is 6.29. The molecule has 0 radical (unpaired) electrons. The summed E-state index contributed by atoms with van der Waals surface area (Å²) in [7, 11) is 0. The van der Waals surface area contributed by atoms with Gasteiger partial charge in [-0.3, -0.25) is 4.90 Å². The molecule has 3 nitrogen and oxygen atoms in total. The van der Waals surface area contributed by atoms with Gasteiger partial charge in [0.05, 0.1) is 0 Å². The van der Waals surface area contributed by atoms with Crippen LogP contribution in [0.15, 0.2) is 0 Å². The maximum absolute atomic E-state index is 5.42. The predicted molar refractivity (Wildman–Crippen MR) is 78.9 cm³/mol. The Labute approximate surface area is 116 Å². The summed E-state index contributed by atoms with van der Waals surface area (Å²) in [5, 5.41) is 0.804. The average molecular weight is 272 g/mol. The van der Waals surface area contributed by atoms with Crippen molar-refractivity contribution in [3.8, 4) is 0 Å². The molecule has 0 aromatic rings. The first-order valence-electron chi connectivity index (χ1n) is 7.53. The van der Waals surface area contributed by atoms with E-state index in [9.17, 15) is 0 Å². The number of hydrogen-bond acceptors (Lipinski definition) is 4. The second-order valence-electron chi connectivity index (χ2n) is 5.52. The van der Waals surface area contributed by atoms with E-state index in [0.29, 0.717) is 0 Å². The molecule has 0 N–H and O–H groups in total. The summed E-state index contributed by atoms with van der Waals surface area (Å²) in [6.45, 7) is 11.6. The van der Waals surface area contributed by atoms with E-state index in [-0.39, 0.29) is 0 Å². The minimum atomic E-state index is 0.769. The molecule has 0 aromatic heterocycles. The molecule has 4 heteroatoms. The molecule has 18 heavy (non-hydrogen) atoms. The smallest absolute Gasteiger partial charge is 0.0477 e. The fourth-order valence-electron chi connectivity index (χ4n) is 2.84. The molecule has 0 bridgehead atoms. The van der Waals surface area contributed by atoms with Crippen LogP contribution in [0, 0.1) is 0 Å². The first-order chi connectivity index (χ1) is 8.79. The molecule has 2 aliphatic heterocycles. The molecule has 0 amide bonds. The summed E-state index contributed by atoms with van der Waals surface area (Å²) in [6.07, 6.45) is 5.11. The Hall–Kier alpha value is 0.230. The van der Waals surface area contributed by atoms with Crippen LogP contribution >= 0.6 is 11.9 Å². The molecule has 106 valence electrons. The lowest BCUT2D eigenvalue weighted by Gasteiger charge is -2.39. The van der Waals surface area contributed by atoms with Crippen LogP contribution in [-0.2, 0) is 4.74 Å². The van der Waals surface area contributed by atoms with Gasteiger partial charge < -0.3 is 4.74 Å². The highest BCUT2D eigenvalue weighted by Crippen LogP contribution is 2.26. The Morgan fingerprint density at radius 2 is 1.83 bits per heavy atom. The largest absolute Gasteiger partial charge is 0.381 e. The molecule has 2 saturated heterocycles. The van der Waals surface area contributed by atoms with E-state index in [1.54, 1.807) is 0 Å². The minimum Gasteiger partial charge on any atom is -0.381 e. The second kappa shape index (κ2) is 7.73. The first kappa shape index (κ1) is 14.6. The lowest BCUT2D eigenvalue weighted by atomic mass is 10.1. The van der Waals surface area contributed by atoms with Gasteiger partial charge in [0.1, 0.15) is 0 Å². The van der Waals surface area contributed by atoms with Crippen LogP contribution in [-0.4, -0.2) is 59.9 Å². The van der Waals surface area contributed by atoms with Crippen molar-refractivity contribution in [1.29, 1.82) is 0 Å². The van der Waals surface area contributed by atoms with Gasteiger partial charge in [0, 0.05) is 50.7 Å². The molecule has 0 aliphatic carbocycles. The molecular formula is C14H28N2OS. The number of hydrogen-bond donors (Lipinski definition) is 0. The Morgan fingerprint density at radius 3 is 2.44 bits per heavy atom. The summed E-state index contributed by atoms with van der Waals surface area (Å²) >= 11 is 2.10. The van der Waals surface area contributed by atoms with Gasteiger partial charge in [-0.15, -0.1) is 0 Å². The zero-order chi connectivity index (χ0) is 12.8. The maximum Gasteiger partial charge on any atom is 0.0477 e. The zero-order valence-corrected chi connectivity index (χ0v) is 12.8. The van der Waals surface area contributed by atoms with Crippen molar-refractivity contribution in [2.45, 2.75) is 50.8 Å². The van der Waals surface area contributed by atoms with E-state index in [1.807, 2.05) is 0 Å². The standard InChI is InChI=1S/C14H28N2OS/c1-3-4-13(2)15-7-9-16(10-8-15)18-14-5-11-17-12-6-14/h13-14H,3-12H2,1-2H3. The van der Waals surface area contributed by atoms with Crippen LogP contribution in [0.1, 0.15) is 39.5 Å². The molecule has 2 heterocycles. The van der Waals surface area contributed by atoms with Crippen LogP contribution in [0.4, 0.5) is 0 Å². The number of rotatable bonds is 5. The molecule has 1 atom stereocenters. The van der Waals surface area contributed by atoms with Crippen LogP contribution in [0.2, 0.25) is 0 Å². The summed E-state index contributed by atoms with van der Waals surface area (Å²) in [4.78, 5) is 2.66. The normalized spacial score (nSPS) is 26.3. The van der Waals surface area contributed by atoms with Crippen molar-refractivity contribution in [1.82, 2.24) is 9.21 Å². The Morgan fingerprint density at radius 1 is 1.17 bits per heavy atom. The lowest BCUT2D eigenvalue weighted by Crippen LogP contribution is -2.47. The van der Waals surface area contributed by atoms with E-state index in [4.69, 9.17) is 4.74 Å². The molecule has 0 aromatic carbocycles. The maximum atomic E-state index is 5.42. The Balaban J connectivity index is 1.66. The average Bonchev–Trinajstić information content (AvgIpc) is 2.41. The number of nitrogens with zero attached hydrogens (tertiary/aromatic N) is 2. The van der Waals surface area contributed by atoms with Crippen molar-refractivity contribution in [3.63, 3.8) is 0 Å². The van der Waals surface area contributed by atoms with Gasteiger partial charge in [0.25, 0.3) is 0 Å². The molecular weight excluding hydrogens is 244 g/mol. The first-order valence-corrected chi connectivity index (χ1v) is 8.36. The van der Waals surface area contributed by atoms with Crippen molar-refractivity contribution in [2.75, 3.05) is 39.4 Å². The molecule has 0 saturated carbocycles. The van der Waals surface area contributed by atoms with Gasteiger partial charge in [0.15, 0.2) is 0 Å². The quantitative estimate of drug-likeness (QED) is 0.715. The van der Waals surface area contributed by atoms with Crippen molar-refractivity contribution in [3.05, 3.63) is 0 Å². The lowest BCUT2D eigenvalue weighted by molar-refractivity contribution is 0.0984. The van der Waals surface area contributed by atoms with E-state index in [1.165, 1.54) is 51.9 Å².